The Kier molecular flexibility index (Phi) is 2.71. The van der Waals surface area contributed by atoms with Crippen molar-refractivity contribution in [3.8, 4) is 0 Å². The van der Waals surface area contributed by atoms with Gasteiger partial charge in [-0.1, -0.05) is 24.3 Å². The Labute approximate surface area is 120 Å². The van der Waals surface area contributed by atoms with E-state index in [1.54, 1.807) is 18.2 Å². The molecule has 0 fully saturated rings. The van der Waals surface area contributed by atoms with Gasteiger partial charge in [0, 0.05) is 11.8 Å². The highest BCUT2D eigenvalue weighted by Gasteiger charge is 2.57. The number of aliphatic imine (C=N–C) groups is 1. The Morgan fingerprint density at radius 2 is 2.10 bits per heavy atom. The summed E-state index contributed by atoms with van der Waals surface area (Å²) in [5.41, 5.74) is 5.31. The number of nitrogens with zero attached hydrogens (tertiary/aromatic N) is 2. The van der Waals surface area contributed by atoms with Crippen LogP contribution in [0.1, 0.15) is 18.1 Å². The van der Waals surface area contributed by atoms with Crippen LogP contribution >= 0.6 is 0 Å². The molecule has 2 aliphatic heterocycles. The van der Waals surface area contributed by atoms with Gasteiger partial charge in [0.05, 0.1) is 0 Å². The van der Waals surface area contributed by atoms with Crippen molar-refractivity contribution in [2.24, 2.45) is 10.7 Å². The molecule has 0 saturated heterocycles. The van der Waals surface area contributed by atoms with Gasteiger partial charge < -0.3 is 15.3 Å². The molecule has 21 heavy (non-hydrogen) atoms. The fourth-order valence-electron chi connectivity index (χ4n) is 2.60. The van der Waals surface area contributed by atoms with Crippen molar-refractivity contribution >= 4 is 17.9 Å². The monoisotopic (exact) mass is 289 g/mol. The molecule has 1 aromatic rings. The molecule has 0 radical (unpaired) electrons. The predicted octanol–water partition coefficient (Wildman–Crippen LogP) is -0.458. The molecule has 0 bridgehead atoms. The summed E-state index contributed by atoms with van der Waals surface area (Å²) in [7, 11) is 0. The zero-order valence-electron chi connectivity index (χ0n) is 11.3. The number of aliphatic hydroxyl groups excluding tert-OH is 1. The van der Waals surface area contributed by atoms with Gasteiger partial charge in [0.2, 0.25) is 5.85 Å². The maximum atomic E-state index is 11.5. The number of benzene rings is 1. The van der Waals surface area contributed by atoms with Gasteiger partial charge in [0.15, 0.2) is 11.6 Å². The van der Waals surface area contributed by atoms with Crippen LogP contribution in [0.2, 0.25) is 0 Å². The standard InChI is InChI=1S/C14H15N3O4/c1-13(12(19)20)11(18)14(15,21)17-7-6-8-4-2-3-5-9(8)10(17)16-13/h2-7,11,18,21H,15H2,1H3,(H,19,20)/t11?,13-,14-/m0/s1. The highest BCUT2D eigenvalue weighted by molar-refractivity contribution is 6.07. The molecule has 7 nitrogen and oxygen atoms in total. The lowest BCUT2D eigenvalue weighted by Gasteiger charge is -2.48. The first-order valence-corrected chi connectivity index (χ1v) is 6.38. The molecule has 3 atom stereocenters. The topological polar surface area (TPSA) is 119 Å². The van der Waals surface area contributed by atoms with Gasteiger partial charge >= 0.3 is 5.97 Å². The van der Waals surface area contributed by atoms with E-state index >= 15 is 0 Å². The van der Waals surface area contributed by atoms with Gasteiger partial charge in [0.25, 0.3) is 0 Å². The zero-order valence-corrected chi connectivity index (χ0v) is 11.3. The van der Waals surface area contributed by atoms with Crippen LogP contribution in [0.5, 0.6) is 0 Å². The van der Waals surface area contributed by atoms with E-state index in [4.69, 9.17) is 5.73 Å². The molecule has 110 valence electrons. The van der Waals surface area contributed by atoms with Crippen LogP contribution in [0.25, 0.3) is 6.08 Å². The van der Waals surface area contributed by atoms with Gasteiger partial charge in [-0.05, 0) is 18.6 Å². The maximum absolute atomic E-state index is 11.5. The van der Waals surface area contributed by atoms with Crippen LogP contribution in [0, 0.1) is 0 Å². The normalized spacial score (nSPS) is 34.0. The quantitative estimate of drug-likeness (QED) is 0.519. The molecule has 0 aliphatic carbocycles. The van der Waals surface area contributed by atoms with Crippen LogP contribution in [-0.4, -0.2) is 49.5 Å². The van der Waals surface area contributed by atoms with E-state index in [2.05, 4.69) is 4.99 Å². The zero-order chi connectivity index (χ0) is 15.4. The van der Waals surface area contributed by atoms with Gasteiger partial charge in [-0.2, -0.15) is 0 Å². The second-order valence-electron chi connectivity index (χ2n) is 5.35. The minimum absolute atomic E-state index is 0.216. The second kappa shape index (κ2) is 4.14. The number of fused-ring (bicyclic) bond motifs is 3. The van der Waals surface area contributed by atoms with E-state index in [0.29, 0.717) is 5.56 Å². The molecule has 3 rings (SSSR count). The lowest BCUT2D eigenvalue weighted by molar-refractivity contribution is -0.182. The van der Waals surface area contributed by atoms with E-state index in [-0.39, 0.29) is 5.84 Å². The van der Waals surface area contributed by atoms with E-state index < -0.39 is 23.5 Å². The predicted molar refractivity (Wildman–Crippen MR) is 75.0 cm³/mol. The number of hydrogen-bond donors (Lipinski definition) is 4. The number of nitrogens with two attached hydrogens (primary N) is 1. The molecule has 2 aliphatic rings. The van der Waals surface area contributed by atoms with Gasteiger partial charge in [-0.25, -0.2) is 9.79 Å². The summed E-state index contributed by atoms with van der Waals surface area (Å²) in [5, 5.41) is 29.9. The number of aliphatic carboxylic acids is 1. The van der Waals surface area contributed by atoms with Crippen molar-refractivity contribution in [3.05, 3.63) is 41.6 Å². The molecular weight excluding hydrogens is 274 g/mol. The van der Waals surface area contributed by atoms with Crippen LogP contribution in [-0.2, 0) is 4.79 Å². The molecule has 1 unspecified atom stereocenters. The number of carboxylic acid groups (broad SMARTS) is 1. The Hall–Kier alpha value is -2.22. The average Bonchev–Trinajstić information content (AvgIpc) is 2.45. The first kappa shape index (κ1) is 13.7. The van der Waals surface area contributed by atoms with E-state index in [0.717, 1.165) is 5.56 Å². The Bertz CT molecular complexity index is 683. The lowest BCUT2D eigenvalue weighted by atomic mass is 9.87. The van der Waals surface area contributed by atoms with Gasteiger partial charge in [-0.3, -0.25) is 10.6 Å². The second-order valence-corrected chi connectivity index (χ2v) is 5.35. The van der Waals surface area contributed by atoms with Crippen molar-refractivity contribution < 1.29 is 20.1 Å². The number of carbonyl (C=O) groups is 1. The Morgan fingerprint density at radius 3 is 2.76 bits per heavy atom. The fourth-order valence-corrected chi connectivity index (χ4v) is 2.60. The van der Waals surface area contributed by atoms with Crippen LogP contribution in [0.3, 0.4) is 0 Å². The van der Waals surface area contributed by atoms with Crippen molar-refractivity contribution in [1.29, 1.82) is 0 Å². The molecule has 0 aromatic heterocycles. The highest BCUT2D eigenvalue weighted by atomic mass is 16.4. The third-order valence-corrected chi connectivity index (χ3v) is 3.92. The summed E-state index contributed by atoms with van der Waals surface area (Å²) in [6.07, 6.45) is 1.40. The summed E-state index contributed by atoms with van der Waals surface area (Å²) in [4.78, 5) is 16.8. The number of rotatable bonds is 1. The van der Waals surface area contributed by atoms with Crippen LogP contribution in [0.15, 0.2) is 35.5 Å². The maximum Gasteiger partial charge on any atom is 0.334 e. The number of aliphatic hydroxyl groups is 2. The Morgan fingerprint density at radius 1 is 1.43 bits per heavy atom. The van der Waals surface area contributed by atoms with Crippen molar-refractivity contribution in [2.75, 3.05) is 0 Å². The summed E-state index contributed by atoms with van der Waals surface area (Å²) >= 11 is 0. The van der Waals surface area contributed by atoms with Crippen LogP contribution < -0.4 is 5.73 Å². The largest absolute Gasteiger partial charge is 0.479 e. The Balaban J connectivity index is 2.27. The first-order chi connectivity index (χ1) is 9.78. The highest BCUT2D eigenvalue weighted by Crippen LogP contribution is 2.35. The molecule has 5 N–H and O–H groups in total. The number of hydrogen-bond acceptors (Lipinski definition) is 6. The summed E-state index contributed by atoms with van der Waals surface area (Å²) in [6.45, 7) is 1.23. The fraction of sp³-hybridized carbons (Fsp3) is 0.286. The third kappa shape index (κ3) is 1.72. The van der Waals surface area contributed by atoms with Crippen LogP contribution in [0.4, 0.5) is 0 Å². The lowest BCUT2D eigenvalue weighted by Crippen LogP contribution is -2.73. The minimum atomic E-state index is -2.27. The third-order valence-electron chi connectivity index (χ3n) is 3.92. The SMILES string of the molecule is C[C@]1(C(=O)O)N=C2c3ccccc3C=CN2[C@](N)(O)C1O. The molecule has 2 heterocycles. The smallest absolute Gasteiger partial charge is 0.334 e. The number of carboxylic acids is 1. The summed E-state index contributed by atoms with van der Waals surface area (Å²) < 4.78 is 0. The molecule has 0 saturated carbocycles. The molecular formula is C14H15N3O4. The minimum Gasteiger partial charge on any atom is -0.479 e. The van der Waals surface area contributed by atoms with Crippen molar-refractivity contribution in [1.82, 2.24) is 4.90 Å². The van der Waals surface area contributed by atoms with Gasteiger partial charge in [-0.15, -0.1) is 0 Å². The molecule has 7 heteroatoms. The average molecular weight is 289 g/mol. The molecule has 0 amide bonds. The summed E-state index contributed by atoms with van der Waals surface area (Å²) in [6, 6.07) is 7.20. The summed E-state index contributed by atoms with van der Waals surface area (Å²) in [5.74, 6) is -3.42. The first-order valence-electron chi connectivity index (χ1n) is 6.38. The number of amidine groups is 1. The van der Waals surface area contributed by atoms with Gasteiger partial charge in [0.1, 0.15) is 5.84 Å². The van der Waals surface area contributed by atoms with E-state index in [1.807, 2.05) is 12.1 Å². The van der Waals surface area contributed by atoms with E-state index in [1.165, 1.54) is 18.0 Å². The van der Waals surface area contributed by atoms with Crippen molar-refractivity contribution in [3.63, 3.8) is 0 Å². The van der Waals surface area contributed by atoms with Crippen molar-refractivity contribution in [2.45, 2.75) is 24.4 Å². The molecule has 1 aromatic carbocycles. The molecule has 0 spiro atoms. The van der Waals surface area contributed by atoms with E-state index in [9.17, 15) is 20.1 Å².